The maximum absolute atomic E-state index is 3.64. The quantitative estimate of drug-likeness (QED) is 0.444. The van der Waals surface area contributed by atoms with Gasteiger partial charge in [0, 0.05) is 6.54 Å². The number of hydrogen-bond donors (Lipinski definition) is 1. The molecule has 0 saturated heterocycles. The van der Waals surface area contributed by atoms with Crippen LogP contribution in [-0.2, 0) is 0 Å². The molecule has 0 heterocycles. The Morgan fingerprint density at radius 1 is 1.56 bits per heavy atom. The van der Waals surface area contributed by atoms with E-state index in [1.54, 1.807) is 0 Å². The normalized spacial score (nSPS) is 19.1. The highest BCUT2D eigenvalue weighted by Gasteiger charge is 2.15. The fraction of sp³-hybridized carbons (Fsp3) is 0.750. The molecule has 1 N–H and O–H groups in total. The van der Waals surface area contributed by atoms with Crippen molar-refractivity contribution in [3.8, 4) is 0 Å². The van der Waals surface area contributed by atoms with Crippen LogP contribution in [0, 0.1) is 5.92 Å². The van der Waals surface area contributed by atoms with E-state index in [0.717, 1.165) is 12.5 Å². The van der Waals surface area contributed by atoms with Crippen molar-refractivity contribution in [3.63, 3.8) is 0 Å². The summed E-state index contributed by atoms with van der Waals surface area (Å²) in [6, 6.07) is 0. The van der Waals surface area contributed by atoms with Crippen LogP contribution in [0.25, 0.3) is 0 Å². The molecular weight excluding hydrogens is 110 g/mol. The van der Waals surface area contributed by atoms with Crippen molar-refractivity contribution in [2.45, 2.75) is 19.3 Å². The standard InChI is InChI=1S/C8H15N/c1-2-6-9-7-8-4-3-5-8/h2,8-9H,1,3-7H2. The molecule has 0 radical (unpaired) electrons. The van der Waals surface area contributed by atoms with Crippen molar-refractivity contribution >= 4 is 0 Å². The Bertz CT molecular complexity index is 84.6. The molecule has 0 atom stereocenters. The van der Waals surface area contributed by atoms with E-state index in [2.05, 4.69) is 11.9 Å². The van der Waals surface area contributed by atoms with Crippen LogP contribution in [0.1, 0.15) is 19.3 Å². The van der Waals surface area contributed by atoms with Gasteiger partial charge in [-0.3, -0.25) is 0 Å². The Kier molecular flexibility index (Phi) is 2.78. The second-order valence-corrected chi connectivity index (χ2v) is 2.74. The molecule has 0 aromatic rings. The van der Waals surface area contributed by atoms with Gasteiger partial charge in [-0.2, -0.15) is 0 Å². The Morgan fingerprint density at radius 2 is 2.33 bits per heavy atom. The van der Waals surface area contributed by atoms with Crippen molar-refractivity contribution in [2.24, 2.45) is 5.92 Å². The first kappa shape index (κ1) is 6.81. The lowest BCUT2D eigenvalue weighted by Gasteiger charge is -2.25. The average Bonchev–Trinajstić information content (AvgIpc) is 1.76. The SMILES string of the molecule is C=CCNCC1CCC1. The highest BCUT2D eigenvalue weighted by molar-refractivity contribution is 4.75. The van der Waals surface area contributed by atoms with Gasteiger partial charge in [-0.1, -0.05) is 12.5 Å². The summed E-state index contributed by atoms with van der Waals surface area (Å²) >= 11 is 0. The van der Waals surface area contributed by atoms with Gasteiger partial charge in [0.15, 0.2) is 0 Å². The second kappa shape index (κ2) is 3.67. The first-order chi connectivity index (χ1) is 4.43. The molecule has 1 aliphatic carbocycles. The molecule has 0 aromatic heterocycles. The first-order valence-corrected chi connectivity index (χ1v) is 3.75. The van der Waals surface area contributed by atoms with Crippen molar-refractivity contribution in [3.05, 3.63) is 12.7 Å². The monoisotopic (exact) mass is 125 g/mol. The lowest BCUT2D eigenvalue weighted by Crippen LogP contribution is -2.27. The summed E-state index contributed by atoms with van der Waals surface area (Å²) in [6.07, 6.45) is 6.23. The molecule has 1 rings (SSSR count). The maximum Gasteiger partial charge on any atom is 0.0132 e. The van der Waals surface area contributed by atoms with Gasteiger partial charge in [-0.25, -0.2) is 0 Å². The summed E-state index contributed by atoms with van der Waals surface area (Å²) in [5, 5.41) is 3.32. The van der Waals surface area contributed by atoms with E-state index >= 15 is 0 Å². The lowest BCUT2D eigenvalue weighted by molar-refractivity contribution is 0.306. The molecule has 52 valence electrons. The first-order valence-electron chi connectivity index (χ1n) is 3.75. The van der Waals surface area contributed by atoms with Crippen LogP contribution < -0.4 is 5.32 Å². The van der Waals surface area contributed by atoms with Crippen molar-refractivity contribution in [1.29, 1.82) is 0 Å². The zero-order chi connectivity index (χ0) is 6.53. The summed E-state index contributed by atoms with van der Waals surface area (Å²) in [4.78, 5) is 0. The number of hydrogen-bond acceptors (Lipinski definition) is 1. The van der Waals surface area contributed by atoms with Gasteiger partial charge in [0.05, 0.1) is 0 Å². The van der Waals surface area contributed by atoms with Crippen molar-refractivity contribution in [1.82, 2.24) is 5.32 Å². The van der Waals surface area contributed by atoms with E-state index in [1.165, 1.54) is 25.8 Å². The number of rotatable bonds is 4. The molecule has 0 amide bonds. The summed E-state index contributed by atoms with van der Waals surface area (Å²) in [5.74, 6) is 0.977. The van der Waals surface area contributed by atoms with Crippen LogP contribution >= 0.6 is 0 Å². The van der Waals surface area contributed by atoms with Crippen LogP contribution in [0.3, 0.4) is 0 Å². The number of nitrogens with one attached hydrogen (secondary N) is 1. The Morgan fingerprint density at radius 3 is 2.78 bits per heavy atom. The summed E-state index contributed by atoms with van der Waals surface area (Å²) in [6.45, 7) is 5.81. The molecule has 9 heavy (non-hydrogen) atoms. The topological polar surface area (TPSA) is 12.0 Å². The Labute approximate surface area is 57.1 Å². The second-order valence-electron chi connectivity index (χ2n) is 2.74. The van der Waals surface area contributed by atoms with Gasteiger partial charge >= 0.3 is 0 Å². The highest BCUT2D eigenvalue weighted by atomic mass is 14.8. The van der Waals surface area contributed by atoms with Gasteiger partial charge in [-0.15, -0.1) is 6.58 Å². The third-order valence-corrected chi connectivity index (χ3v) is 1.95. The largest absolute Gasteiger partial charge is 0.313 e. The fourth-order valence-corrected chi connectivity index (χ4v) is 1.09. The van der Waals surface area contributed by atoms with Gasteiger partial charge in [0.2, 0.25) is 0 Å². The minimum absolute atomic E-state index is 0.969. The fourth-order valence-electron chi connectivity index (χ4n) is 1.09. The lowest BCUT2D eigenvalue weighted by atomic mass is 9.85. The van der Waals surface area contributed by atoms with E-state index in [1.807, 2.05) is 6.08 Å². The van der Waals surface area contributed by atoms with E-state index < -0.39 is 0 Å². The molecule has 1 nitrogen and oxygen atoms in total. The van der Waals surface area contributed by atoms with Crippen molar-refractivity contribution in [2.75, 3.05) is 13.1 Å². The Hall–Kier alpha value is -0.300. The molecule has 0 aromatic carbocycles. The molecule has 0 bridgehead atoms. The zero-order valence-corrected chi connectivity index (χ0v) is 5.90. The van der Waals surface area contributed by atoms with E-state index in [-0.39, 0.29) is 0 Å². The molecule has 0 spiro atoms. The van der Waals surface area contributed by atoms with Gasteiger partial charge in [0.25, 0.3) is 0 Å². The zero-order valence-electron chi connectivity index (χ0n) is 5.90. The minimum Gasteiger partial charge on any atom is -0.313 e. The van der Waals surface area contributed by atoms with Gasteiger partial charge in [0.1, 0.15) is 0 Å². The predicted octanol–water partition coefficient (Wildman–Crippen LogP) is 1.56. The van der Waals surface area contributed by atoms with Gasteiger partial charge < -0.3 is 5.32 Å². The molecule has 0 unspecified atom stereocenters. The molecule has 1 fully saturated rings. The molecule has 1 heteroatoms. The smallest absolute Gasteiger partial charge is 0.0132 e. The molecule has 1 saturated carbocycles. The van der Waals surface area contributed by atoms with Crippen LogP contribution in [0.2, 0.25) is 0 Å². The van der Waals surface area contributed by atoms with Crippen LogP contribution in [0.5, 0.6) is 0 Å². The van der Waals surface area contributed by atoms with Crippen LogP contribution in [0.4, 0.5) is 0 Å². The van der Waals surface area contributed by atoms with Gasteiger partial charge in [-0.05, 0) is 25.3 Å². The van der Waals surface area contributed by atoms with Crippen LogP contribution in [-0.4, -0.2) is 13.1 Å². The average molecular weight is 125 g/mol. The molecular formula is C8H15N. The third-order valence-electron chi connectivity index (χ3n) is 1.95. The third kappa shape index (κ3) is 2.19. The van der Waals surface area contributed by atoms with E-state index in [0.29, 0.717) is 0 Å². The minimum atomic E-state index is 0.969. The molecule has 1 aliphatic rings. The van der Waals surface area contributed by atoms with Crippen LogP contribution in [0.15, 0.2) is 12.7 Å². The Balaban J connectivity index is 1.85. The maximum atomic E-state index is 3.64. The summed E-state index contributed by atoms with van der Waals surface area (Å²) in [5.41, 5.74) is 0. The summed E-state index contributed by atoms with van der Waals surface area (Å²) < 4.78 is 0. The molecule has 0 aliphatic heterocycles. The van der Waals surface area contributed by atoms with E-state index in [4.69, 9.17) is 0 Å². The predicted molar refractivity (Wildman–Crippen MR) is 40.4 cm³/mol. The van der Waals surface area contributed by atoms with Crippen molar-refractivity contribution < 1.29 is 0 Å². The summed E-state index contributed by atoms with van der Waals surface area (Å²) in [7, 11) is 0. The van der Waals surface area contributed by atoms with E-state index in [9.17, 15) is 0 Å². The highest BCUT2D eigenvalue weighted by Crippen LogP contribution is 2.24.